The Balaban J connectivity index is 1.20. The first-order chi connectivity index (χ1) is 25.3. The number of β-amino-alcohol motifs (C(OH)–C–C–N with tert-alkyl or cyclic N) is 1. The number of nitrogens with one attached hydrogen (secondary N) is 1. The van der Waals surface area contributed by atoms with E-state index in [1.54, 1.807) is 61.5 Å². The fraction of sp³-hybridized carbons (Fsp3) is 0.368. The van der Waals surface area contributed by atoms with Gasteiger partial charge in [-0.1, -0.05) is 72.0 Å². The Morgan fingerprint density at radius 1 is 0.981 bits per heavy atom. The van der Waals surface area contributed by atoms with Crippen LogP contribution in [0, 0.1) is 0 Å². The summed E-state index contributed by atoms with van der Waals surface area (Å²) < 4.78 is 1.02. The van der Waals surface area contributed by atoms with E-state index in [4.69, 9.17) is 4.98 Å². The van der Waals surface area contributed by atoms with Gasteiger partial charge in [0.05, 0.1) is 29.9 Å². The Hall–Kier alpha value is -5.02. The van der Waals surface area contributed by atoms with E-state index in [1.165, 1.54) is 0 Å². The molecule has 0 saturated carbocycles. The largest absolute Gasteiger partial charge is 0.508 e. The first kappa shape index (κ1) is 35.4. The normalized spacial score (nSPS) is 20.0. The molecular formula is C38H44N8O5S. The number of para-hydroxylation sites is 1. The molecule has 3 aliphatic heterocycles. The van der Waals surface area contributed by atoms with E-state index in [1.807, 2.05) is 48.5 Å². The summed E-state index contributed by atoms with van der Waals surface area (Å²) in [5.41, 5.74) is 3.43. The smallest absolute Gasteiger partial charge is 0.334 e. The molecule has 0 spiro atoms. The number of benzene rings is 3. The molecule has 2 atom stereocenters. The SMILES string of the molecule is C=CCN1CC(=O)N2[C@@H](Cc3ccc(O)cc3)C(=O)N(Cc3cccc4sc(N5CCN(CCO)CC5)nc34)C[C@@H]2N1C(=O)NCc1ccccc1. The van der Waals surface area contributed by atoms with Crippen LogP contribution < -0.4 is 10.2 Å². The molecule has 3 fully saturated rings. The molecule has 13 nitrogen and oxygen atoms in total. The average Bonchev–Trinajstić information content (AvgIpc) is 3.60. The highest BCUT2D eigenvalue weighted by atomic mass is 32.1. The summed E-state index contributed by atoms with van der Waals surface area (Å²) >= 11 is 1.62. The van der Waals surface area contributed by atoms with Gasteiger partial charge in [0, 0.05) is 58.8 Å². The molecule has 14 heteroatoms. The minimum atomic E-state index is -0.883. The maximum absolute atomic E-state index is 14.6. The fourth-order valence-electron chi connectivity index (χ4n) is 7.32. The molecule has 7 rings (SSSR count). The minimum absolute atomic E-state index is 0.0875. The topological polar surface area (TPSA) is 136 Å². The van der Waals surface area contributed by atoms with Crippen LogP contribution in [0.3, 0.4) is 0 Å². The van der Waals surface area contributed by atoms with Crippen LogP contribution in [0.15, 0.2) is 85.5 Å². The first-order valence-corrected chi connectivity index (χ1v) is 18.5. The molecule has 0 radical (unpaired) electrons. The number of aromatic nitrogens is 1. The molecule has 3 aromatic carbocycles. The predicted octanol–water partition coefficient (Wildman–Crippen LogP) is 2.85. The maximum atomic E-state index is 14.6. The van der Waals surface area contributed by atoms with Gasteiger partial charge in [-0.25, -0.2) is 19.8 Å². The van der Waals surface area contributed by atoms with Crippen molar-refractivity contribution >= 4 is 44.5 Å². The zero-order valence-electron chi connectivity index (χ0n) is 29.0. The molecule has 1 aromatic heterocycles. The molecule has 0 aliphatic carbocycles. The van der Waals surface area contributed by atoms with Gasteiger partial charge in [-0.2, -0.15) is 0 Å². The number of urea groups is 1. The quantitative estimate of drug-likeness (QED) is 0.200. The van der Waals surface area contributed by atoms with E-state index in [-0.39, 0.29) is 62.8 Å². The lowest BCUT2D eigenvalue weighted by Gasteiger charge is -2.55. The van der Waals surface area contributed by atoms with Gasteiger partial charge in [0.25, 0.3) is 0 Å². The standard InChI is InChI=1S/C38H44N8O5S/c1-2-15-44-26-34(49)45-31(22-27-11-13-30(48)14-12-27)36(50)43(25-33(45)46(44)37(51)39-23-28-7-4-3-5-8-28)24-29-9-6-10-32-35(29)40-38(52-32)42-18-16-41(17-19-42)20-21-47/h2-14,31,33,47-48H,1,15-26H2,(H,39,51)/t31-,33-/m0/s1. The van der Waals surface area contributed by atoms with Crippen molar-refractivity contribution < 1.29 is 24.6 Å². The highest BCUT2D eigenvalue weighted by Crippen LogP contribution is 2.34. The molecule has 3 saturated heterocycles. The number of rotatable bonds is 11. The number of hydrogen-bond acceptors (Lipinski definition) is 10. The second kappa shape index (κ2) is 15.7. The van der Waals surface area contributed by atoms with Crippen molar-refractivity contribution in [3.63, 3.8) is 0 Å². The number of aliphatic hydroxyl groups is 1. The van der Waals surface area contributed by atoms with E-state index >= 15 is 0 Å². The van der Waals surface area contributed by atoms with E-state index in [2.05, 4.69) is 21.7 Å². The second-order valence-corrected chi connectivity index (χ2v) is 14.3. The number of aliphatic hydroxyl groups excluding tert-OH is 1. The van der Waals surface area contributed by atoms with Gasteiger partial charge in [0.2, 0.25) is 11.8 Å². The number of amides is 4. The van der Waals surface area contributed by atoms with Crippen LogP contribution in [0.1, 0.15) is 16.7 Å². The van der Waals surface area contributed by atoms with Crippen molar-refractivity contribution in [3.8, 4) is 5.75 Å². The van der Waals surface area contributed by atoms with Crippen molar-refractivity contribution in [1.29, 1.82) is 0 Å². The highest BCUT2D eigenvalue weighted by molar-refractivity contribution is 7.22. The van der Waals surface area contributed by atoms with Crippen molar-refractivity contribution in [1.82, 2.24) is 35.0 Å². The molecule has 272 valence electrons. The third-order valence-electron chi connectivity index (χ3n) is 9.94. The predicted molar refractivity (Wildman–Crippen MR) is 199 cm³/mol. The Morgan fingerprint density at radius 2 is 1.75 bits per heavy atom. The number of anilines is 1. The van der Waals surface area contributed by atoms with E-state index in [0.29, 0.717) is 13.1 Å². The summed E-state index contributed by atoms with van der Waals surface area (Å²) in [7, 11) is 0. The number of hydrazine groups is 1. The number of aromatic hydroxyl groups is 1. The van der Waals surface area contributed by atoms with Gasteiger partial charge in [-0.15, -0.1) is 6.58 Å². The summed E-state index contributed by atoms with van der Waals surface area (Å²) in [6.07, 6.45) is 1.09. The number of carbonyl (C=O) groups excluding carboxylic acids is 3. The lowest BCUT2D eigenvalue weighted by Crippen LogP contribution is -2.76. The molecule has 4 amide bonds. The van der Waals surface area contributed by atoms with Crippen LogP contribution in [-0.2, 0) is 29.1 Å². The summed E-state index contributed by atoms with van der Waals surface area (Å²) in [6.45, 7) is 8.83. The number of nitrogens with zero attached hydrogens (tertiary/aromatic N) is 7. The van der Waals surface area contributed by atoms with Crippen LogP contribution in [0.2, 0.25) is 0 Å². The average molecular weight is 725 g/mol. The van der Waals surface area contributed by atoms with Crippen LogP contribution >= 0.6 is 11.3 Å². The van der Waals surface area contributed by atoms with Crippen LogP contribution in [0.5, 0.6) is 5.75 Å². The van der Waals surface area contributed by atoms with Gasteiger partial charge in [-0.3, -0.25) is 14.5 Å². The van der Waals surface area contributed by atoms with Crippen LogP contribution in [-0.4, -0.2) is 129 Å². The van der Waals surface area contributed by atoms with Crippen LogP contribution in [0.25, 0.3) is 10.2 Å². The minimum Gasteiger partial charge on any atom is -0.508 e. The van der Waals surface area contributed by atoms with Gasteiger partial charge in [-0.05, 0) is 34.9 Å². The van der Waals surface area contributed by atoms with Gasteiger partial charge >= 0.3 is 6.03 Å². The zero-order valence-corrected chi connectivity index (χ0v) is 29.8. The summed E-state index contributed by atoms with van der Waals surface area (Å²) in [6, 6.07) is 21.0. The van der Waals surface area contributed by atoms with Gasteiger partial charge in [0.15, 0.2) is 5.13 Å². The van der Waals surface area contributed by atoms with Gasteiger partial charge < -0.3 is 30.2 Å². The molecule has 4 heterocycles. The Labute approximate surface area is 306 Å². The Bertz CT molecular complexity index is 1900. The molecule has 4 aromatic rings. The number of piperazine rings is 2. The summed E-state index contributed by atoms with van der Waals surface area (Å²) in [5.74, 6) is -0.357. The lowest BCUT2D eigenvalue weighted by atomic mass is 9.98. The maximum Gasteiger partial charge on any atom is 0.334 e. The highest BCUT2D eigenvalue weighted by Gasteiger charge is 2.51. The molecule has 0 unspecified atom stereocenters. The third-order valence-corrected chi connectivity index (χ3v) is 11.0. The summed E-state index contributed by atoms with van der Waals surface area (Å²) in [4.78, 5) is 55.5. The van der Waals surface area contributed by atoms with Crippen molar-refractivity contribution in [2.45, 2.75) is 31.7 Å². The number of phenols is 1. The number of hydrogen-bond donors (Lipinski definition) is 3. The van der Waals surface area contributed by atoms with Crippen molar-refractivity contribution in [3.05, 3.63) is 102 Å². The number of phenolic OH excluding ortho intramolecular Hbond substituents is 1. The fourth-order valence-corrected chi connectivity index (χ4v) is 8.39. The number of fused-ring (bicyclic) bond motifs is 2. The van der Waals surface area contributed by atoms with Crippen molar-refractivity contribution in [2.24, 2.45) is 0 Å². The number of carbonyl (C=O) groups is 3. The van der Waals surface area contributed by atoms with Crippen LogP contribution in [0.4, 0.5) is 9.93 Å². The lowest BCUT2D eigenvalue weighted by molar-refractivity contribution is -0.189. The molecule has 3 N–H and O–H groups in total. The Kier molecular flexibility index (Phi) is 10.7. The molecule has 52 heavy (non-hydrogen) atoms. The molecule has 3 aliphatic rings. The second-order valence-electron chi connectivity index (χ2n) is 13.3. The van der Waals surface area contributed by atoms with Crippen molar-refractivity contribution in [2.75, 3.05) is 63.9 Å². The molecule has 0 bridgehead atoms. The Morgan fingerprint density at radius 3 is 2.48 bits per heavy atom. The van der Waals surface area contributed by atoms with E-state index in [0.717, 1.165) is 58.2 Å². The monoisotopic (exact) mass is 724 g/mol. The van der Waals surface area contributed by atoms with E-state index < -0.39 is 12.2 Å². The van der Waals surface area contributed by atoms with Gasteiger partial charge in [0.1, 0.15) is 18.0 Å². The molecular weight excluding hydrogens is 681 g/mol. The summed E-state index contributed by atoms with van der Waals surface area (Å²) in [5, 5.41) is 26.5. The first-order valence-electron chi connectivity index (χ1n) is 17.6. The number of thiazole rings is 1. The van der Waals surface area contributed by atoms with E-state index in [9.17, 15) is 24.6 Å². The third kappa shape index (κ3) is 7.46. The zero-order chi connectivity index (χ0) is 36.2.